The fourth-order valence-electron chi connectivity index (χ4n) is 3.64. The Kier molecular flexibility index (Phi) is 4.97. The van der Waals surface area contributed by atoms with Crippen LogP contribution in [0.4, 0.5) is 0 Å². The highest BCUT2D eigenvalue weighted by Crippen LogP contribution is 2.47. The van der Waals surface area contributed by atoms with Crippen LogP contribution < -0.4 is 17.0 Å². The van der Waals surface area contributed by atoms with Crippen LogP contribution in [0.5, 0.6) is 0 Å². The minimum atomic E-state index is -0.387. The summed E-state index contributed by atoms with van der Waals surface area (Å²) in [7, 11) is 0. The Labute approximate surface area is 135 Å². The molecule has 1 heterocycles. The fraction of sp³-hybridized carbons (Fsp3) is 1.00. The van der Waals surface area contributed by atoms with Gasteiger partial charge in [0.1, 0.15) is 0 Å². The monoisotopic (exact) mass is 313 g/mol. The summed E-state index contributed by atoms with van der Waals surface area (Å²) in [4.78, 5) is 0. The summed E-state index contributed by atoms with van der Waals surface area (Å²) in [5.74, 6) is 6.37. The molecule has 0 radical (unpaired) electrons. The van der Waals surface area contributed by atoms with Crippen molar-refractivity contribution in [2.24, 2.45) is 28.3 Å². The average molecular weight is 313 g/mol. The molecule has 0 aromatic heterocycles. The Morgan fingerprint density at radius 1 is 1.32 bits per heavy atom. The van der Waals surface area contributed by atoms with Gasteiger partial charge in [0.25, 0.3) is 0 Å². The fourth-order valence-corrected chi connectivity index (χ4v) is 3.64. The largest absolute Gasteiger partial charge is 0.378 e. The van der Waals surface area contributed by atoms with Gasteiger partial charge >= 0.3 is 0 Å². The van der Waals surface area contributed by atoms with Crippen LogP contribution in [-0.4, -0.2) is 37.0 Å². The molecule has 130 valence electrons. The standard InChI is InChI=1S/C17H35N3O2/c1-11-12-7-13(20-19)14(16(5,8-12)9-21-11)22-10-17(6,18)15(2,3)4/h11-14,20H,7-10,18-19H2,1-6H3. The number of nitrogens with two attached hydrogens (primary N) is 2. The lowest BCUT2D eigenvalue weighted by Gasteiger charge is -2.54. The van der Waals surface area contributed by atoms with Crippen molar-refractivity contribution in [2.45, 2.75) is 78.2 Å². The minimum Gasteiger partial charge on any atom is -0.378 e. The first-order valence-corrected chi connectivity index (χ1v) is 8.48. The van der Waals surface area contributed by atoms with Crippen LogP contribution in [0.2, 0.25) is 0 Å². The van der Waals surface area contributed by atoms with Crippen molar-refractivity contribution < 1.29 is 9.47 Å². The maximum absolute atomic E-state index is 6.48. The summed E-state index contributed by atoms with van der Waals surface area (Å²) in [6, 6.07) is 0.158. The number of hydrazine groups is 1. The van der Waals surface area contributed by atoms with Gasteiger partial charge in [0, 0.05) is 17.0 Å². The molecule has 0 amide bonds. The van der Waals surface area contributed by atoms with Gasteiger partial charge in [0.05, 0.1) is 25.4 Å². The van der Waals surface area contributed by atoms with Gasteiger partial charge in [0.15, 0.2) is 0 Å². The molecule has 1 aliphatic carbocycles. The van der Waals surface area contributed by atoms with Gasteiger partial charge in [0.2, 0.25) is 0 Å². The van der Waals surface area contributed by atoms with Crippen molar-refractivity contribution in [3.8, 4) is 0 Å². The number of fused-ring (bicyclic) bond motifs is 2. The first kappa shape index (κ1) is 18.1. The summed E-state index contributed by atoms with van der Waals surface area (Å²) in [5.41, 5.74) is 9.06. The van der Waals surface area contributed by atoms with Crippen LogP contribution in [0.15, 0.2) is 0 Å². The molecule has 6 unspecified atom stereocenters. The van der Waals surface area contributed by atoms with Gasteiger partial charge in [-0.1, -0.05) is 27.7 Å². The van der Waals surface area contributed by atoms with E-state index in [1.54, 1.807) is 0 Å². The zero-order chi connectivity index (χ0) is 16.8. The first-order valence-electron chi connectivity index (χ1n) is 8.48. The lowest BCUT2D eigenvalue weighted by Crippen LogP contribution is -2.63. The molecule has 0 aromatic carbocycles. The lowest BCUT2D eigenvalue weighted by atomic mass is 9.64. The molecular formula is C17H35N3O2. The molecule has 2 fully saturated rings. The number of hydrogen-bond donors (Lipinski definition) is 3. The van der Waals surface area contributed by atoms with Crippen molar-refractivity contribution >= 4 is 0 Å². The SMILES string of the molecule is CC1OCC2(C)CC1CC(NN)C2OCC(C)(N)C(C)(C)C. The molecule has 5 N–H and O–H groups in total. The van der Waals surface area contributed by atoms with E-state index in [0.717, 1.165) is 19.4 Å². The van der Waals surface area contributed by atoms with Crippen LogP contribution in [0, 0.1) is 16.7 Å². The first-order chi connectivity index (χ1) is 10.00. The Balaban J connectivity index is 2.11. The lowest BCUT2D eigenvalue weighted by molar-refractivity contribution is -0.190. The summed E-state index contributed by atoms with van der Waals surface area (Å²) in [5, 5.41) is 0. The van der Waals surface area contributed by atoms with Crippen LogP contribution in [0.25, 0.3) is 0 Å². The predicted octanol–water partition coefficient (Wildman–Crippen LogP) is 1.80. The maximum atomic E-state index is 6.48. The summed E-state index contributed by atoms with van der Waals surface area (Å²) in [6.45, 7) is 14.2. The van der Waals surface area contributed by atoms with Gasteiger partial charge in [-0.2, -0.15) is 0 Å². The predicted molar refractivity (Wildman–Crippen MR) is 89.1 cm³/mol. The molecule has 0 spiro atoms. The molecule has 0 aromatic rings. The Hall–Kier alpha value is -0.200. The van der Waals surface area contributed by atoms with Crippen LogP contribution in [0.1, 0.15) is 54.4 Å². The van der Waals surface area contributed by atoms with E-state index in [1.807, 2.05) is 0 Å². The summed E-state index contributed by atoms with van der Waals surface area (Å²) in [6.07, 6.45) is 2.47. The highest BCUT2D eigenvalue weighted by molar-refractivity contribution is 5.02. The Morgan fingerprint density at radius 3 is 2.50 bits per heavy atom. The van der Waals surface area contributed by atoms with Gasteiger partial charge < -0.3 is 15.2 Å². The van der Waals surface area contributed by atoms with E-state index in [9.17, 15) is 0 Å². The van der Waals surface area contributed by atoms with Gasteiger partial charge in [-0.3, -0.25) is 11.3 Å². The minimum absolute atomic E-state index is 0.000424. The zero-order valence-corrected chi connectivity index (χ0v) is 15.1. The summed E-state index contributed by atoms with van der Waals surface area (Å²) < 4.78 is 12.3. The molecule has 2 aliphatic rings. The molecule has 2 bridgehead atoms. The van der Waals surface area contributed by atoms with E-state index < -0.39 is 0 Å². The average Bonchev–Trinajstić information content (AvgIpc) is 2.40. The highest BCUT2D eigenvalue weighted by Gasteiger charge is 2.51. The second-order valence-electron chi connectivity index (χ2n) is 9.04. The second kappa shape index (κ2) is 6.02. The van der Waals surface area contributed by atoms with Crippen molar-refractivity contribution in [3.63, 3.8) is 0 Å². The molecule has 5 nitrogen and oxygen atoms in total. The third-order valence-corrected chi connectivity index (χ3v) is 6.17. The Morgan fingerprint density at radius 2 is 1.95 bits per heavy atom. The molecule has 1 saturated carbocycles. The smallest absolute Gasteiger partial charge is 0.0818 e. The molecular weight excluding hydrogens is 278 g/mol. The molecule has 2 rings (SSSR count). The topological polar surface area (TPSA) is 82.5 Å². The van der Waals surface area contributed by atoms with E-state index in [-0.39, 0.29) is 28.5 Å². The van der Waals surface area contributed by atoms with Crippen LogP contribution in [-0.2, 0) is 9.47 Å². The van der Waals surface area contributed by atoms with Crippen molar-refractivity contribution in [3.05, 3.63) is 0 Å². The molecule has 1 aliphatic heterocycles. The van der Waals surface area contributed by atoms with Crippen LogP contribution in [0.3, 0.4) is 0 Å². The number of hydrogen-bond acceptors (Lipinski definition) is 5. The van der Waals surface area contributed by atoms with Crippen molar-refractivity contribution in [2.75, 3.05) is 13.2 Å². The normalized spacial score (nSPS) is 42.0. The van der Waals surface area contributed by atoms with Crippen molar-refractivity contribution in [1.29, 1.82) is 0 Å². The molecule has 22 heavy (non-hydrogen) atoms. The number of nitrogens with one attached hydrogen (secondary N) is 1. The summed E-state index contributed by atoms with van der Waals surface area (Å²) >= 11 is 0. The molecule has 5 heteroatoms. The number of rotatable bonds is 4. The van der Waals surface area contributed by atoms with E-state index >= 15 is 0 Å². The second-order valence-corrected chi connectivity index (χ2v) is 9.04. The Bertz CT molecular complexity index is 394. The van der Waals surface area contributed by atoms with E-state index in [0.29, 0.717) is 18.6 Å². The van der Waals surface area contributed by atoms with E-state index in [2.05, 4.69) is 47.0 Å². The van der Waals surface area contributed by atoms with Crippen LogP contribution >= 0.6 is 0 Å². The zero-order valence-electron chi connectivity index (χ0n) is 15.1. The number of ether oxygens (including phenoxy) is 2. The highest BCUT2D eigenvalue weighted by atomic mass is 16.5. The van der Waals surface area contributed by atoms with E-state index in [4.69, 9.17) is 21.1 Å². The van der Waals surface area contributed by atoms with E-state index in [1.165, 1.54) is 0 Å². The molecule has 1 saturated heterocycles. The van der Waals surface area contributed by atoms with Gasteiger partial charge in [-0.15, -0.1) is 0 Å². The third kappa shape index (κ3) is 3.34. The third-order valence-electron chi connectivity index (χ3n) is 6.17. The van der Waals surface area contributed by atoms with Gasteiger partial charge in [-0.05, 0) is 38.0 Å². The van der Waals surface area contributed by atoms with Gasteiger partial charge in [-0.25, -0.2) is 0 Å². The quantitative estimate of drug-likeness (QED) is 0.544. The van der Waals surface area contributed by atoms with Crippen molar-refractivity contribution in [1.82, 2.24) is 5.43 Å². The molecule has 6 atom stereocenters. The maximum Gasteiger partial charge on any atom is 0.0818 e.